The molecule has 0 fully saturated rings. The number of hydrogen-bond donors (Lipinski definition) is 0. The van der Waals surface area contributed by atoms with Crippen molar-refractivity contribution in [3.05, 3.63) is 69.4 Å². The third kappa shape index (κ3) is 2.16. The van der Waals surface area contributed by atoms with Crippen LogP contribution < -0.4 is 0 Å². The number of halogens is 2. The molecule has 1 unspecified atom stereocenters. The second kappa shape index (κ2) is 4.78. The molecular formula is C15H10BrFO2. The normalized spacial score (nSPS) is 17.8. The monoisotopic (exact) mass is 320 g/mol. The quantitative estimate of drug-likeness (QED) is 0.741. The largest absolute Gasteiger partial charge is 0.453 e. The highest BCUT2D eigenvalue weighted by atomic mass is 79.9. The fourth-order valence-corrected chi connectivity index (χ4v) is 2.82. The van der Waals surface area contributed by atoms with Crippen molar-refractivity contribution in [2.24, 2.45) is 0 Å². The summed E-state index contributed by atoms with van der Waals surface area (Å²) in [5.41, 5.74) is 1.59. The molecule has 0 amide bonds. The SMILES string of the molecule is O=C1OC(c2ccccc2)Cc2c(F)ccc(Br)c21. The van der Waals surface area contributed by atoms with Crippen LogP contribution in [-0.2, 0) is 11.2 Å². The van der Waals surface area contributed by atoms with Crippen LogP contribution in [0.5, 0.6) is 0 Å². The van der Waals surface area contributed by atoms with Crippen LogP contribution in [0.15, 0.2) is 46.9 Å². The van der Waals surface area contributed by atoms with Crippen molar-refractivity contribution in [2.45, 2.75) is 12.5 Å². The maximum absolute atomic E-state index is 13.9. The summed E-state index contributed by atoms with van der Waals surface area (Å²) in [5, 5.41) is 0. The van der Waals surface area contributed by atoms with Gasteiger partial charge in [-0.05, 0) is 33.6 Å². The van der Waals surface area contributed by atoms with Gasteiger partial charge in [0.2, 0.25) is 0 Å². The predicted octanol–water partition coefficient (Wildman–Crippen LogP) is 4.04. The third-order valence-electron chi connectivity index (χ3n) is 3.22. The van der Waals surface area contributed by atoms with Gasteiger partial charge in [-0.1, -0.05) is 30.3 Å². The number of cyclic esters (lactones) is 1. The molecule has 1 atom stereocenters. The average Bonchev–Trinajstić information content (AvgIpc) is 2.43. The van der Waals surface area contributed by atoms with Crippen molar-refractivity contribution in [1.29, 1.82) is 0 Å². The Kier molecular flexibility index (Phi) is 3.11. The fourth-order valence-electron chi connectivity index (χ4n) is 2.28. The Bertz CT molecular complexity index is 640. The van der Waals surface area contributed by atoms with Crippen LogP contribution in [-0.4, -0.2) is 5.97 Å². The van der Waals surface area contributed by atoms with Gasteiger partial charge in [0.25, 0.3) is 0 Å². The van der Waals surface area contributed by atoms with E-state index in [0.717, 1.165) is 5.56 Å². The number of rotatable bonds is 1. The smallest absolute Gasteiger partial charge is 0.340 e. The van der Waals surface area contributed by atoms with E-state index in [1.54, 1.807) is 0 Å². The minimum Gasteiger partial charge on any atom is -0.453 e. The number of hydrogen-bond acceptors (Lipinski definition) is 2. The predicted molar refractivity (Wildman–Crippen MR) is 72.4 cm³/mol. The van der Waals surface area contributed by atoms with Crippen LogP contribution in [0, 0.1) is 5.82 Å². The van der Waals surface area contributed by atoms with E-state index in [0.29, 0.717) is 22.0 Å². The Morgan fingerprint density at radius 1 is 1.16 bits per heavy atom. The van der Waals surface area contributed by atoms with Gasteiger partial charge < -0.3 is 4.74 Å². The lowest BCUT2D eigenvalue weighted by Gasteiger charge is -2.26. The van der Waals surface area contributed by atoms with Crippen LogP contribution in [0.2, 0.25) is 0 Å². The summed E-state index contributed by atoms with van der Waals surface area (Å²) in [7, 11) is 0. The van der Waals surface area contributed by atoms with Gasteiger partial charge in [0.05, 0.1) is 5.56 Å². The topological polar surface area (TPSA) is 26.3 Å². The zero-order chi connectivity index (χ0) is 13.4. The molecule has 96 valence electrons. The number of ether oxygens (including phenoxy) is 1. The first-order chi connectivity index (χ1) is 9.16. The van der Waals surface area contributed by atoms with E-state index in [-0.39, 0.29) is 5.82 Å². The highest BCUT2D eigenvalue weighted by molar-refractivity contribution is 9.10. The van der Waals surface area contributed by atoms with Crippen LogP contribution in [0.4, 0.5) is 4.39 Å². The van der Waals surface area contributed by atoms with E-state index in [2.05, 4.69) is 15.9 Å². The summed E-state index contributed by atoms with van der Waals surface area (Å²) >= 11 is 3.27. The molecule has 0 N–H and O–H groups in total. The lowest BCUT2D eigenvalue weighted by atomic mass is 9.94. The molecule has 0 bridgehead atoms. The molecule has 4 heteroatoms. The summed E-state index contributed by atoms with van der Waals surface area (Å²) in [4.78, 5) is 12.0. The lowest BCUT2D eigenvalue weighted by Crippen LogP contribution is -2.23. The van der Waals surface area contributed by atoms with Gasteiger partial charge in [0, 0.05) is 16.5 Å². The Balaban J connectivity index is 2.05. The molecule has 1 aliphatic heterocycles. The molecule has 2 nitrogen and oxygen atoms in total. The third-order valence-corrected chi connectivity index (χ3v) is 3.88. The van der Waals surface area contributed by atoms with Gasteiger partial charge in [-0.15, -0.1) is 0 Å². The number of esters is 1. The zero-order valence-corrected chi connectivity index (χ0v) is 11.5. The van der Waals surface area contributed by atoms with Crippen molar-refractivity contribution in [2.75, 3.05) is 0 Å². The molecule has 0 aliphatic carbocycles. The molecule has 2 aromatic carbocycles. The van der Waals surface area contributed by atoms with Gasteiger partial charge in [0.15, 0.2) is 0 Å². The van der Waals surface area contributed by atoms with Gasteiger partial charge in [-0.3, -0.25) is 0 Å². The average molecular weight is 321 g/mol. The number of carbonyl (C=O) groups is 1. The molecule has 0 radical (unpaired) electrons. The van der Waals surface area contributed by atoms with Crippen LogP contribution in [0.1, 0.15) is 27.6 Å². The molecule has 0 saturated carbocycles. The minimum atomic E-state index is -0.485. The summed E-state index contributed by atoms with van der Waals surface area (Å²) in [6.07, 6.45) is -0.0684. The lowest BCUT2D eigenvalue weighted by molar-refractivity contribution is 0.0247. The standard InChI is InChI=1S/C15H10BrFO2/c16-11-6-7-12(17)10-8-13(19-15(18)14(10)11)9-4-2-1-3-5-9/h1-7,13H,8H2. The number of carbonyl (C=O) groups excluding carboxylic acids is 1. The summed E-state index contributed by atoms with van der Waals surface area (Å²) < 4.78 is 19.9. The zero-order valence-electron chi connectivity index (χ0n) is 9.90. The van der Waals surface area contributed by atoms with E-state index < -0.39 is 12.1 Å². The number of fused-ring (bicyclic) bond motifs is 1. The van der Waals surface area contributed by atoms with Gasteiger partial charge in [0.1, 0.15) is 11.9 Å². The molecule has 0 saturated heterocycles. The molecular weight excluding hydrogens is 311 g/mol. The highest BCUT2D eigenvalue weighted by Gasteiger charge is 2.31. The molecule has 0 aromatic heterocycles. The highest BCUT2D eigenvalue weighted by Crippen LogP contribution is 2.35. The molecule has 3 rings (SSSR count). The van der Waals surface area contributed by atoms with Gasteiger partial charge >= 0.3 is 5.97 Å². The Morgan fingerprint density at radius 3 is 2.63 bits per heavy atom. The van der Waals surface area contributed by atoms with Crippen molar-refractivity contribution < 1.29 is 13.9 Å². The van der Waals surface area contributed by atoms with Crippen molar-refractivity contribution in [1.82, 2.24) is 0 Å². The van der Waals surface area contributed by atoms with Crippen molar-refractivity contribution in [3.63, 3.8) is 0 Å². The van der Waals surface area contributed by atoms with Crippen LogP contribution in [0.25, 0.3) is 0 Å². The Morgan fingerprint density at radius 2 is 1.89 bits per heavy atom. The first-order valence-electron chi connectivity index (χ1n) is 5.89. The van der Waals surface area contributed by atoms with E-state index in [4.69, 9.17) is 4.74 Å². The first kappa shape index (κ1) is 12.4. The Hall–Kier alpha value is -1.68. The van der Waals surface area contributed by atoms with E-state index in [9.17, 15) is 9.18 Å². The molecule has 0 spiro atoms. The van der Waals surface area contributed by atoms with Gasteiger partial charge in [-0.2, -0.15) is 0 Å². The molecule has 1 aliphatic rings. The van der Waals surface area contributed by atoms with E-state index in [1.165, 1.54) is 12.1 Å². The second-order valence-corrected chi connectivity index (χ2v) is 5.25. The fraction of sp³-hybridized carbons (Fsp3) is 0.133. The first-order valence-corrected chi connectivity index (χ1v) is 6.69. The van der Waals surface area contributed by atoms with Gasteiger partial charge in [-0.25, -0.2) is 9.18 Å². The van der Waals surface area contributed by atoms with Crippen molar-refractivity contribution in [3.8, 4) is 0 Å². The second-order valence-electron chi connectivity index (χ2n) is 4.39. The molecule has 1 heterocycles. The summed E-state index contributed by atoms with van der Waals surface area (Å²) in [5.74, 6) is -0.850. The van der Waals surface area contributed by atoms with Crippen LogP contribution >= 0.6 is 15.9 Å². The Labute approximate surface area is 118 Å². The maximum Gasteiger partial charge on any atom is 0.340 e. The van der Waals surface area contributed by atoms with E-state index in [1.807, 2.05) is 30.3 Å². The van der Waals surface area contributed by atoms with E-state index >= 15 is 0 Å². The minimum absolute atomic E-state index is 0.298. The maximum atomic E-state index is 13.9. The summed E-state index contributed by atoms with van der Waals surface area (Å²) in [6, 6.07) is 12.3. The molecule has 2 aromatic rings. The van der Waals surface area contributed by atoms with Crippen LogP contribution in [0.3, 0.4) is 0 Å². The number of benzene rings is 2. The summed E-state index contributed by atoms with van der Waals surface area (Å²) in [6.45, 7) is 0. The van der Waals surface area contributed by atoms with Crippen molar-refractivity contribution >= 4 is 21.9 Å². The molecule has 19 heavy (non-hydrogen) atoms.